The molecule has 2 aromatic carbocycles. The van der Waals surface area contributed by atoms with Crippen LogP contribution in [0, 0.1) is 6.92 Å². The highest BCUT2D eigenvalue weighted by Crippen LogP contribution is 2.37. The Labute approximate surface area is 112 Å². The summed E-state index contributed by atoms with van der Waals surface area (Å²) in [4.78, 5) is 12.2. The van der Waals surface area contributed by atoms with Crippen LogP contribution in [0.25, 0.3) is 0 Å². The maximum absolute atomic E-state index is 12.2. The van der Waals surface area contributed by atoms with E-state index < -0.39 is 0 Å². The Balaban J connectivity index is 2.16. The van der Waals surface area contributed by atoms with Crippen molar-refractivity contribution in [3.05, 3.63) is 53.6 Å². The lowest BCUT2D eigenvalue weighted by Crippen LogP contribution is -2.21. The van der Waals surface area contributed by atoms with Crippen molar-refractivity contribution in [3.63, 3.8) is 0 Å². The van der Waals surface area contributed by atoms with Gasteiger partial charge in [-0.2, -0.15) is 0 Å². The lowest BCUT2D eigenvalue weighted by molar-refractivity contribution is -0.117. The van der Waals surface area contributed by atoms with Gasteiger partial charge in [0.15, 0.2) is 5.75 Å². The molecule has 96 valence electrons. The van der Waals surface area contributed by atoms with Gasteiger partial charge in [-0.1, -0.05) is 24.3 Å². The molecule has 0 bridgehead atoms. The Hall–Kier alpha value is -2.29. The number of benzene rings is 2. The molecule has 1 atom stereocenters. The van der Waals surface area contributed by atoms with Crippen molar-refractivity contribution in [1.82, 2.24) is 0 Å². The number of anilines is 1. The molecule has 1 aliphatic heterocycles. The molecule has 0 radical (unpaired) electrons. The van der Waals surface area contributed by atoms with Crippen molar-refractivity contribution in [2.24, 2.45) is 0 Å². The average molecular weight is 253 g/mol. The molecule has 0 saturated carbocycles. The van der Waals surface area contributed by atoms with E-state index in [2.05, 4.69) is 5.32 Å². The van der Waals surface area contributed by atoms with E-state index in [9.17, 15) is 4.79 Å². The first-order chi connectivity index (χ1) is 9.15. The number of aryl methyl sites for hydroxylation is 1. The second kappa shape index (κ2) is 4.43. The molecule has 1 amide bonds. The average Bonchev–Trinajstić information content (AvgIpc) is 2.40. The molecule has 3 rings (SSSR count). The minimum Gasteiger partial charge on any atom is -0.455 e. The molecule has 19 heavy (non-hydrogen) atoms. The molecule has 1 N–H and O–H groups in total. The predicted octanol–water partition coefficient (Wildman–Crippen LogP) is 3.84. The van der Waals surface area contributed by atoms with Crippen LogP contribution in [-0.4, -0.2) is 5.91 Å². The minimum atomic E-state index is -0.232. The molecule has 0 spiro atoms. The van der Waals surface area contributed by atoms with Crippen molar-refractivity contribution in [1.29, 1.82) is 0 Å². The molecule has 0 aliphatic carbocycles. The molecule has 0 aromatic heterocycles. The summed E-state index contributed by atoms with van der Waals surface area (Å²) in [5.41, 5.74) is 2.72. The smallest absolute Gasteiger partial charge is 0.231 e. The molecule has 1 aliphatic rings. The van der Waals surface area contributed by atoms with Crippen LogP contribution in [0.3, 0.4) is 0 Å². The van der Waals surface area contributed by atoms with Crippen LogP contribution < -0.4 is 10.1 Å². The number of hydrogen-bond acceptors (Lipinski definition) is 2. The Morgan fingerprint density at radius 2 is 1.89 bits per heavy atom. The van der Waals surface area contributed by atoms with E-state index in [4.69, 9.17) is 4.74 Å². The van der Waals surface area contributed by atoms with E-state index in [0.29, 0.717) is 5.75 Å². The predicted molar refractivity (Wildman–Crippen MR) is 74.7 cm³/mol. The summed E-state index contributed by atoms with van der Waals surface area (Å²) in [5, 5.41) is 2.93. The SMILES string of the molecule is Cc1ccc2c(c1)NC(=O)C(C)c1ccccc1O2. The highest BCUT2D eigenvalue weighted by atomic mass is 16.5. The summed E-state index contributed by atoms with van der Waals surface area (Å²) in [6, 6.07) is 13.4. The summed E-state index contributed by atoms with van der Waals surface area (Å²) in [6.45, 7) is 3.88. The molecule has 0 fully saturated rings. The largest absolute Gasteiger partial charge is 0.455 e. The number of carbonyl (C=O) groups excluding carboxylic acids is 1. The van der Waals surface area contributed by atoms with Gasteiger partial charge in [-0.3, -0.25) is 4.79 Å². The summed E-state index contributed by atoms with van der Waals surface area (Å²) in [5.74, 6) is 1.18. The summed E-state index contributed by atoms with van der Waals surface area (Å²) in [7, 11) is 0. The van der Waals surface area contributed by atoms with Crippen LogP contribution in [0.2, 0.25) is 0 Å². The Bertz CT molecular complexity index is 649. The van der Waals surface area contributed by atoms with Crippen molar-refractivity contribution in [3.8, 4) is 11.5 Å². The fourth-order valence-corrected chi connectivity index (χ4v) is 2.26. The third kappa shape index (κ3) is 2.08. The van der Waals surface area contributed by atoms with Gasteiger partial charge >= 0.3 is 0 Å². The number of para-hydroxylation sites is 1. The zero-order chi connectivity index (χ0) is 13.4. The zero-order valence-electron chi connectivity index (χ0n) is 10.9. The van der Waals surface area contributed by atoms with Crippen LogP contribution in [0.5, 0.6) is 11.5 Å². The van der Waals surface area contributed by atoms with Gasteiger partial charge < -0.3 is 10.1 Å². The van der Waals surface area contributed by atoms with Crippen molar-refractivity contribution in [2.75, 3.05) is 5.32 Å². The number of hydrogen-bond donors (Lipinski definition) is 1. The molecule has 2 aromatic rings. The quantitative estimate of drug-likeness (QED) is 0.774. The van der Waals surface area contributed by atoms with Gasteiger partial charge in [0, 0.05) is 5.56 Å². The van der Waals surface area contributed by atoms with Gasteiger partial charge in [0.05, 0.1) is 11.6 Å². The molecular formula is C16H15NO2. The van der Waals surface area contributed by atoms with E-state index in [-0.39, 0.29) is 11.8 Å². The molecule has 3 heteroatoms. The van der Waals surface area contributed by atoms with Gasteiger partial charge in [0.25, 0.3) is 0 Å². The first-order valence-corrected chi connectivity index (χ1v) is 6.33. The summed E-state index contributed by atoms with van der Waals surface area (Å²) in [6.07, 6.45) is 0. The van der Waals surface area contributed by atoms with Gasteiger partial charge in [0.2, 0.25) is 5.91 Å². The molecule has 3 nitrogen and oxygen atoms in total. The van der Waals surface area contributed by atoms with E-state index in [1.807, 2.05) is 56.3 Å². The van der Waals surface area contributed by atoms with E-state index in [0.717, 1.165) is 22.6 Å². The normalized spacial score (nSPS) is 17.4. The molecule has 1 heterocycles. The fraction of sp³-hybridized carbons (Fsp3) is 0.188. The number of nitrogens with one attached hydrogen (secondary N) is 1. The standard InChI is InChI=1S/C16H15NO2/c1-10-7-8-15-13(9-10)17-16(18)11(2)12-5-3-4-6-14(12)19-15/h3-9,11H,1-2H3,(H,17,18). The first-order valence-electron chi connectivity index (χ1n) is 6.33. The van der Waals surface area contributed by atoms with Gasteiger partial charge in [-0.25, -0.2) is 0 Å². The van der Waals surface area contributed by atoms with Gasteiger partial charge in [-0.15, -0.1) is 0 Å². The number of carbonyl (C=O) groups is 1. The van der Waals surface area contributed by atoms with Crippen molar-refractivity contribution >= 4 is 11.6 Å². The van der Waals surface area contributed by atoms with Crippen molar-refractivity contribution in [2.45, 2.75) is 19.8 Å². The number of ether oxygens (including phenoxy) is 1. The number of amides is 1. The second-order valence-corrected chi connectivity index (χ2v) is 4.85. The highest BCUT2D eigenvalue weighted by molar-refractivity contribution is 5.97. The fourth-order valence-electron chi connectivity index (χ4n) is 2.26. The minimum absolute atomic E-state index is 0.0115. The maximum Gasteiger partial charge on any atom is 0.231 e. The maximum atomic E-state index is 12.2. The topological polar surface area (TPSA) is 38.3 Å². The Morgan fingerprint density at radius 3 is 2.74 bits per heavy atom. The zero-order valence-corrected chi connectivity index (χ0v) is 10.9. The van der Waals surface area contributed by atoms with Gasteiger partial charge in [0.1, 0.15) is 5.75 Å². The monoisotopic (exact) mass is 253 g/mol. The second-order valence-electron chi connectivity index (χ2n) is 4.85. The number of fused-ring (bicyclic) bond motifs is 2. The van der Waals surface area contributed by atoms with Crippen LogP contribution in [0.15, 0.2) is 42.5 Å². The summed E-state index contributed by atoms with van der Waals surface area (Å²) >= 11 is 0. The lowest BCUT2D eigenvalue weighted by Gasteiger charge is -2.22. The first kappa shape index (κ1) is 11.8. The lowest BCUT2D eigenvalue weighted by atomic mass is 9.98. The Kier molecular flexibility index (Phi) is 2.75. The van der Waals surface area contributed by atoms with Gasteiger partial charge in [-0.05, 0) is 37.6 Å². The molecular weight excluding hydrogens is 238 g/mol. The van der Waals surface area contributed by atoms with Crippen LogP contribution in [0.4, 0.5) is 5.69 Å². The van der Waals surface area contributed by atoms with Crippen LogP contribution >= 0.6 is 0 Å². The number of rotatable bonds is 0. The van der Waals surface area contributed by atoms with Crippen LogP contribution in [-0.2, 0) is 4.79 Å². The third-order valence-corrected chi connectivity index (χ3v) is 3.39. The molecule has 0 saturated heterocycles. The Morgan fingerprint density at radius 1 is 1.11 bits per heavy atom. The molecule has 1 unspecified atom stereocenters. The summed E-state index contributed by atoms with van der Waals surface area (Å²) < 4.78 is 5.94. The van der Waals surface area contributed by atoms with Crippen LogP contribution in [0.1, 0.15) is 24.0 Å². The van der Waals surface area contributed by atoms with E-state index in [1.54, 1.807) is 0 Å². The highest BCUT2D eigenvalue weighted by Gasteiger charge is 2.23. The third-order valence-electron chi connectivity index (χ3n) is 3.39. The van der Waals surface area contributed by atoms with E-state index in [1.165, 1.54) is 0 Å². The van der Waals surface area contributed by atoms with Crippen molar-refractivity contribution < 1.29 is 9.53 Å². The van der Waals surface area contributed by atoms with E-state index >= 15 is 0 Å².